The van der Waals surface area contributed by atoms with Gasteiger partial charge in [0.2, 0.25) is 0 Å². The predicted octanol–water partition coefficient (Wildman–Crippen LogP) is 10.7. The third-order valence-electron chi connectivity index (χ3n) is 11.0. The molecule has 12 heteroatoms. The molecule has 59 heavy (non-hydrogen) atoms. The maximum absolute atomic E-state index is 15.0. The number of thioether (sulfide) groups is 3. The van der Waals surface area contributed by atoms with Crippen LogP contribution in [-0.4, -0.2) is 62.3 Å². The lowest BCUT2D eigenvalue weighted by molar-refractivity contribution is 0.0641. The van der Waals surface area contributed by atoms with E-state index in [1.54, 1.807) is 108 Å². The highest BCUT2D eigenvalue weighted by Gasteiger charge is 2.44. The molecule has 1 aliphatic carbocycles. The van der Waals surface area contributed by atoms with Crippen molar-refractivity contribution in [3.05, 3.63) is 124 Å². The van der Waals surface area contributed by atoms with Crippen molar-refractivity contribution >= 4 is 87.1 Å². The Morgan fingerprint density at radius 1 is 0.576 bits per heavy atom. The fourth-order valence-corrected chi connectivity index (χ4v) is 12.0. The predicted molar refractivity (Wildman–Crippen MR) is 235 cm³/mol. The van der Waals surface area contributed by atoms with Crippen molar-refractivity contribution in [2.24, 2.45) is 0 Å². The Balaban J connectivity index is 1.27. The summed E-state index contributed by atoms with van der Waals surface area (Å²) in [7, 11) is 0. The van der Waals surface area contributed by atoms with Crippen molar-refractivity contribution in [2.75, 3.05) is 22.2 Å². The Kier molecular flexibility index (Phi) is 11.9. The summed E-state index contributed by atoms with van der Waals surface area (Å²) in [4.78, 5) is 94.4. The van der Waals surface area contributed by atoms with Crippen molar-refractivity contribution in [1.29, 1.82) is 0 Å². The fraction of sp³-hybridized carbons (Fsp3) is 0.298. The lowest BCUT2D eigenvalue weighted by atomic mass is 9.97. The normalized spacial score (nSPS) is 15.0. The molecule has 0 radical (unpaired) electrons. The highest BCUT2D eigenvalue weighted by Crippen LogP contribution is 2.47. The summed E-state index contributed by atoms with van der Waals surface area (Å²) in [6, 6.07) is 21.9. The molecule has 4 amide bonds. The van der Waals surface area contributed by atoms with Crippen LogP contribution in [0.15, 0.2) is 93.5 Å². The SMILES string of the molecule is CCCCSc1cc2c(c(SCCCC)c1SCCCC)C(=O)N(c1ccc(CN3C(=O)c4ccccc4C3=O)c3ccc(C4C(=O)c5ccccc5C4=O)nc13)C2=O. The van der Waals surface area contributed by atoms with Gasteiger partial charge in [-0.2, -0.15) is 0 Å². The number of anilines is 1. The second kappa shape index (κ2) is 17.3. The summed E-state index contributed by atoms with van der Waals surface area (Å²) in [5.41, 5.74) is 3.10. The van der Waals surface area contributed by atoms with E-state index in [1.165, 1.54) is 9.80 Å². The molecule has 4 aromatic carbocycles. The van der Waals surface area contributed by atoms with Gasteiger partial charge in [-0.25, -0.2) is 9.88 Å². The quantitative estimate of drug-likeness (QED) is 0.0411. The number of hydrogen-bond donors (Lipinski definition) is 0. The maximum Gasteiger partial charge on any atom is 0.267 e. The van der Waals surface area contributed by atoms with Crippen LogP contribution >= 0.6 is 35.3 Å². The van der Waals surface area contributed by atoms with Crippen LogP contribution in [0.4, 0.5) is 5.69 Å². The Hall–Kier alpha value is -5.04. The number of amides is 4. The standard InChI is InChI=1S/C47H43N3O6S3/c1-4-7-22-57-36-25-33-37(43(59-24-9-6-3)42(36)58-23-8-5-2)47(56)50(46(33)55)35-21-18-27(26-49-44(53)31-16-12-13-17-32(31)45(49)54)28-19-20-34(48-39(28)35)38-40(51)29-14-10-11-15-30(29)41(38)52/h10-21,25,38H,4-9,22-24,26H2,1-3H3. The fourth-order valence-electron chi connectivity index (χ4n) is 7.81. The van der Waals surface area contributed by atoms with Gasteiger partial charge in [0.1, 0.15) is 5.92 Å². The molecule has 0 fully saturated rings. The van der Waals surface area contributed by atoms with Gasteiger partial charge < -0.3 is 0 Å². The van der Waals surface area contributed by atoms with Gasteiger partial charge in [0, 0.05) is 31.2 Å². The molecule has 0 spiro atoms. The molecule has 0 bridgehead atoms. The third kappa shape index (κ3) is 7.23. The van der Waals surface area contributed by atoms with Crippen molar-refractivity contribution in [1.82, 2.24) is 9.88 Å². The Morgan fingerprint density at radius 2 is 1.14 bits per heavy atom. The van der Waals surface area contributed by atoms with Crippen molar-refractivity contribution in [3.63, 3.8) is 0 Å². The number of aromatic nitrogens is 1. The number of nitrogens with zero attached hydrogens (tertiary/aromatic N) is 3. The highest BCUT2D eigenvalue weighted by atomic mass is 32.2. The molecule has 0 saturated carbocycles. The molecular weight excluding hydrogens is 799 g/mol. The summed E-state index contributed by atoms with van der Waals surface area (Å²) < 4.78 is 0. The number of unbranched alkanes of at least 4 members (excludes halogenated alkanes) is 3. The Labute approximate surface area is 356 Å². The van der Waals surface area contributed by atoms with E-state index in [0.29, 0.717) is 44.3 Å². The molecule has 9 nitrogen and oxygen atoms in total. The van der Waals surface area contributed by atoms with Crippen LogP contribution < -0.4 is 4.90 Å². The molecule has 0 saturated heterocycles. The number of fused-ring (bicyclic) bond motifs is 4. The number of carbonyl (C=O) groups is 6. The number of pyridine rings is 1. The lowest BCUT2D eigenvalue weighted by Crippen LogP contribution is -2.31. The second-order valence-corrected chi connectivity index (χ2v) is 18.2. The summed E-state index contributed by atoms with van der Waals surface area (Å²) in [5, 5.41) is 0.471. The minimum Gasteiger partial charge on any atom is -0.293 e. The van der Waals surface area contributed by atoms with E-state index in [0.717, 1.165) is 70.5 Å². The smallest absolute Gasteiger partial charge is 0.267 e. The van der Waals surface area contributed by atoms with E-state index in [9.17, 15) is 28.8 Å². The first-order valence-electron chi connectivity index (χ1n) is 20.2. The first-order chi connectivity index (χ1) is 28.7. The number of hydrogen-bond acceptors (Lipinski definition) is 10. The van der Waals surface area contributed by atoms with Gasteiger partial charge in [0.25, 0.3) is 23.6 Å². The van der Waals surface area contributed by atoms with E-state index in [2.05, 4.69) is 20.8 Å². The van der Waals surface area contributed by atoms with Gasteiger partial charge in [-0.15, -0.1) is 35.3 Å². The van der Waals surface area contributed by atoms with Crippen LogP contribution in [0, 0.1) is 0 Å². The Morgan fingerprint density at radius 3 is 1.73 bits per heavy atom. The van der Waals surface area contributed by atoms with Crippen LogP contribution in [-0.2, 0) is 6.54 Å². The average Bonchev–Trinajstić information content (AvgIpc) is 3.76. The van der Waals surface area contributed by atoms with Gasteiger partial charge in [-0.05, 0) is 72.4 Å². The highest BCUT2D eigenvalue weighted by molar-refractivity contribution is 8.03. The first kappa shape index (κ1) is 40.7. The monoisotopic (exact) mass is 841 g/mol. The summed E-state index contributed by atoms with van der Waals surface area (Å²) in [5.74, 6) is -1.20. The molecule has 0 unspecified atom stereocenters. The van der Waals surface area contributed by atoms with Gasteiger partial charge in [0.15, 0.2) is 11.6 Å². The first-order valence-corrected chi connectivity index (χ1v) is 23.2. The molecule has 8 rings (SSSR count). The molecule has 0 atom stereocenters. The second-order valence-electron chi connectivity index (χ2n) is 14.8. The van der Waals surface area contributed by atoms with Crippen molar-refractivity contribution < 1.29 is 28.8 Å². The van der Waals surface area contributed by atoms with E-state index in [4.69, 9.17) is 4.98 Å². The molecule has 0 N–H and O–H groups in total. The zero-order chi connectivity index (χ0) is 41.4. The largest absolute Gasteiger partial charge is 0.293 e. The number of ketones is 2. The molecule has 3 heterocycles. The zero-order valence-corrected chi connectivity index (χ0v) is 35.6. The van der Waals surface area contributed by atoms with Crippen LogP contribution in [0.3, 0.4) is 0 Å². The Bertz CT molecular complexity index is 2520. The van der Waals surface area contributed by atoms with Crippen LogP contribution in [0.5, 0.6) is 0 Å². The van der Waals surface area contributed by atoms with E-state index in [1.807, 2.05) is 6.07 Å². The number of benzene rings is 4. The number of rotatable bonds is 16. The van der Waals surface area contributed by atoms with Gasteiger partial charge in [-0.1, -0.05) is 88.6 Å². The molecular formula is C47H43N3O6S3. The van der Waals surface area contributed by atoms with Gasteiger partial charge >= 0.3 is 0 Å². The summed E-state index contributed by atoms with van der Waals surface area (Å²) >= 11 is 5.10. The number of imide groups is 2. The van der Waals surface area contributed by atoms with Crippen LogP contribution in [0.2, 0.25) is 0 Å². The third-order valence-corrected chi connectivity index (χ3v) is 14.7. The molecule has 300 valence electrons. The minimum absolute atomic E-state index is 0.103. The summed E-state index contributed by atoms with van der Waals surface area (Å²) in [6.45, 7) is 6.33. The number of Topliss-reactive ketones (excluding diaryl/α,β-unsaturated/α-hetero) is 2. The van der Waals surface area contributed by atoms with Crippen molar-refractivity contribution in [2.45, 2.75) is 86.4 Å². The number of carbonyl (C=O) groups excluding carboxylic acids is 6. The topological polar surface area (TPSA) is 122 Å². The van der Waals surface area contributed by atoms with Gasteiger partial charge in [-0.3, -0.25) is 33.7 Å². The van der Waals surface area contributed by atoms with Crippen LogP contribution in [0.1, 0.15) is 139 Å². The minimum atomic E-state index is -1.21. The molecule has 2 aliphatic heterocycles. The van der Waals surface area contributed by atoms with Crippen molar-refractivity contribution in [3.8, 4) is 0 Å². The zero-order valence-electron chi connectivity index (χ0n) is 33.2. The molecule has 1 aromatic heterocycles. The van der Waals surface area contributed by atoms with E-state index in [-0.39, 0.29) is 35.0 Å². The van der Waals surface area contributed by atoms with E-state index >= 15 is 0 Å². The van der Waals surface area contributed by atoms with Gasteiger partial charge in [0.05, 0.1) is 45.7 Å². The van der Waals surface area contributed by atoms with Crippen LogP contribution in [0.25, 0.3) is 10.9 Å². The molecule has 3 aliphatic rings. The lowest BCUT2D eigenvalue weighted by Gasteiger charge is -2.21. The van der Waals surface area contributed by atoms with E-state index < -0.39 is 29.5 Å². The maximum atomic E-state index is 15.0. The average molecular weight is 842 g/mol. The molecule has 5 aromatic rings. The summed E-state index contributed by atoms with van der Waals surface area (Å²) in [6.07, 6.45) is 6.04.